The van der Waals surface area contributed by atoms with Gasteiger partial charge in [0.05, 0.1) is 6.54 Å². The first kappa shape index (κ1) is 28.8. The van der Waals surface area contributed by atoms with Crippen LogP contribution in [0.1, 0.15) is 64.7 Å². The third-order valence-electron chi connectivity index (χ3n) is 5.54. The number of hydrogen-bond acceptors (Lipinski definition) is 3. The zero-order valence-corrected chi connectivity index (χ0v) is 23.5. The number of thiophene rings is 1. The largest absolute Gasteiger partial charge is 0.398 e. The van der Waals surface area contributed by atoms with Crippen molar-refractivity contribution in [2.45, 2.75) is 54.5 Å². The highest BCUT2D eigenvalue weighted by Gasteiger charge is 2.04. The summed E-state index contributed by atoms with van der Waals surface area (Å²) in [6, 6.07) is 14.9. The summed E-state index contributed by atoms with van der Waals surface area (Å²) in [6.07, 6.45) is 15.4. The Labute approximate surface area is 221 Å². The minimum Gasteiger partial charge on any atom is -0.398 e. The molecule has 2 N–H and O–H groups in total. The molecular weight excluding hydrogens is 456 g/mol. The maximum atomic E-state index is 6.44. The topological polar surface area (TPSA) is 38.4 Å². The molecule has 0 aliphatic heterocycles. The van der Waals surface area contributed by atoms with Crippen molar-refractivity contribution in [2.24, 2.45) is 10.7 Å². The molecule has 0 aliphatic rings. The fourth-order valence-electron chi connectivity index (χ4n) is 3.91. The normalized spacial score (nSPS) is 13.9. The number of nitrogens with two attached hydrogens (primary N) is 1. The maximum absolute atomic E-state index is 6.44. The van der Waals surface area contributed by atoms with Crippen molar-refractivity contribution in [1.29, 1.82) is 0 Å². The summed E-state index contributed by atoms with van der Waals surface area (Å²) in [5, 5.41) is 2.69. The molecule has 1 aromatic heterocycles. The second-order valence-corrected chi connectivity index (χ2v) is 9.19. The van der Waals surface area contributed by atoms with E-state index in [-0.39, 0.29) is 0 Å². The van der Waals surface area contributed by atoms with Crippen molar-refractivity contribution in [2.75, 3.05) is 0 Å². The molecule has 2 aromatic carbocycles. The van der Waals surface area contributed by atoms with E-state index in [0.29, 0.717) is 12.2 Å². The van der Waals surface area contributed by atoms with Crippen LogP contribution in [0.5, 0.6) is 0 Å². The number of aliphatic imine (C=N–C) groups is 1. The molecule has 0 aliphatic carbocycles. The quantitative estimate of drug-likeness (QED) is 0.249. The first-order valence-corrected chi connectivity index (χ1v) is 13.5. The van der Waals surface area contributed by atoms with Crippen molar-refractivity contribution >= 4 is 50.6 Å². The average Bonchev–Trinajstić information content (AvgIpc) is 3.25. The number of hydrogen-bond donors (Lipinski definition) is 1. The van der Waals surface area contributed by atoms with E-state index in [4.69, 9.17) is 10.7 Å². The summed E-state index contributed by atoms with van der Waals surface area (Å²) in [7, 11) is 0. The van der Waals surface area contributed by atoms with E-state index in [1.807, 2.05) is 69.4 Å². The van der Waals surface area contributed by atoms with Crippen molar-refractivity contribution in [3.63, 3.8) is 0 Å². The molecule has 188 valence electrons. The number of fused-ring (bicyclic) bond motifs is 1. The van der Waals surface area contributed by atoms with Crippen LogP contribution in [0.2, 0.25) is 0 Å². The van der Waals surface area contributed by atoms with Gasteiger partial charge in [0.1, 0.15) is 0 Å². The third kappa shape index (κ3) is 7.53. The lowest BCUT2D eigenvalue weighted by atomic mass is 10.0. The lowest BCUT2D eigenvalue weighted by Crippen LogP contribution is -2.17. The zero-order valence-electron chi connectivity index (χ0n) is 22.6. The molecule has 36 heavy (non-hydrogen) atoms. The van der Waals surface area contributed by atoms with Gasteiger partial charge in [0.15, 0.2) is 0 Å². The fraction of sp³-hybridized carbons (Fsp3) is 0.242. The molecule has 0 fully saturated rings. The molecular formula is C33H40N2S. The Morgan fingerprint density at radius 3 is 2.50 bits per heavy atom. The van der Waals surface area contributed by atoms with E-state index in [0.717, 1.165) is 28.8 Å². The van der Waals surface area contributed by atoms with Crippen molar-refractivity contribution in [3.05, 3.63) is 106 Å². The van der Waals surface area contributed by atoms with Crippen molar-refractivity contribution in [3.8, 4) is 0 Å². The maximum Gasteiger partial charge on any atom is 0.0643 e. The lowest BCUT2D eigenvalue weighted by molar-refractivity contribution is 1.07. The van der Waals surface area contributed by atoms with Crippen LogP contribution >= 0.6 is 11.3 Å². The number of nitrogens with zero attached hydrogens (tertiary/aromatic N) is 1. The Kier molecular flexibility index (Phi) is 11.9. The van der Waals surface area contributed by atoms with Gasteiger partial charge >= 0.3 is 0 Å². The van der Waals surface area contributed by atoms with Crippen molar-refractivity contribution in [1.82, 2.24) is 0 Å². The second kappa shape index (κ2) is 14.9. The smallest absolute Gasteiger partial charge is 0.0643 e. The van der Waals surface area contributed by atoms with Gasteiger partial charge in [0.25, 0.3) is 0 Å². The number of benzene rings is 2. The summed E-state index contributed by atoms with van der Waals surface area (Å²) in [5.74, 6) is 0. The van der Waals surface area contributed by atoms with Gasteiger partial charge in [0.2, 0.25) is 0 Å². The molecule has 3 heteroatoms. The minimum absolute atomic E-state index is 0.634. The summed E-state index contributed by atoms with van der Waals surface area (Å²) in [5.41, 5.74) is 12.4. The van der Waals surface area contributed by atoms with Gasteiger partial charge in [-0.05, 0) is 78.3 Å². The molecule has 0 bridgehead atoms. The SMILES string of the molecule is C=C/C=C(\C=C/C)c1cccc(/C(N)=C/C(C)=NCc2ccc3c(=C/CC)/c(=C\C)sc3c2)c1.CC. The van der Waals surface area contributed by atoms with E-state index >= 15 is 0 Å². The Morgan fingerprint density at radius 2 is 1.83 bits per heavy atom. The van der Waals surface area contributed by atoms with Crippen LogP contribution in [-0.4, -0.2) is 5.71 Å². The molecule has 2 nitrogen and oxygen atoms in total. The summed E-state index contributed by atoms with van der Waals surface area (Å²) >= 11 is 1.85. The fourth-order valence-corrected chi connectivity index (χ4v) is 5.07. The first-order chi connectivity index (χ1) is 17.5. The average molecular weight is 497 g/mol. The highest BCUT2D eigenvalue weighted by atomic mass is 32.1. The molecule has 0 spiro atoms. The second-order valence-electron chi connectivity index (χ2n) is 8.11. The predicted molar refractivity (Wildman–Crippen MR) is 166 cm³/mol. The molecule has 0 radical (unpaired) electrons. The Balaban J connectivity index is 0.00000222. The van der Waals surface area contributed by atoms with Gasteiger partial charge in [-0.3, -0.25) is 4.99 Å². The molecule has 0 saturated carbocycles. The molecule has 1 heterocycles. The van der Waals surface area contributed by atoms with Crippen LogP contribution in [0.25, 0.3) is 33.5 Å². The van der Waals surface area contributed by atoms with Crippen LogP contribution in [-0.2, 0) is 6.54 Å². The van der Waals surface area contributed by atoms with Crippen molar-refractivity contribution < 1.29 is 0 Å². The Bertz CT molecular complexity index is 1410. The molecule has 0 saturated heterocycles. The predicted octanol–water partition coefficient (Wildman–Crippen LogP) is 8.02. The van der Waals surface area contributed by atoms with E-state index < -0.39 is 0 Å². The standard InChI is InChI=1S/C31H34N2S.C2H6/c1-6-11-24(12-7-2)25-14-10-15-26(20-25)29(32)18-22(5)33-21-23-16-17-28-27(13-8-3)30(9-4)34-31(28)19-23;1-2/h6-7,9-20H,1,8,21,32H2,2-5H3;1-2H3/b12-7-,24-11+,27-13-,29-18-,30-9+,33-22?;. The van der Waals surface area contributed by atoms with E-state index in [9.17, 15) is 0 Å². The monoisotopic (exact) mass is 496 g/mol. The highest BCUT2D eigenvalue weighted by Crippen LogP contribution is 2.21. The summed E-state index contributed by atoms with van der Waals surface area (Å²) in [6.45, 7) is 16.8. The summed E-state index contributed by atoms with van der Waals surface area (Å²) in [4.78, 5) is 4.78. The lowest BCUT2D eigenvalue weighted by Gasteiger charge is -2.07. The van der Waals surface area contributed by atoms with Crippen LogP contribution in [0, 0.1) is 0 Å². The molecule has 0 amide bonds. The molecule has 0 atom stereocenters. The van der Waals surface area contributed by atoms with Gasteiger partial charge in [-0.15, -0.1) is 11.3 Å². The molecule has 3 aromatic rings. The van der Waals surface area contributed by atoms with Gasteiger partial charge in [0, 0.05) is 20.6 Å². The van der Waals surface area contributed by atoms with Crippen LogP contribution in [0.4, 0.5) is 0 Å². The van der Waals surface area contributed by atoms with Gasteiger partial charge < -0.3 is 5.73 Å². The van der Waals surface area contributed by atoms with E-state index in [1.54, 1.807) is 6.08 Å². The number of allylic oxidation sites excluding steroid dienone is 6. The van der Waals surface area contributed by atoms with Crippen LogP contribution < -0.4 is 15.5 Å². The highest BCUT2D eigenvalue weighted by molar-refractivity contribution is 7.17. The zero-order chi connectivity index (χ0) is 26.5. The van der Waals surface area contributed by atoms with Gasteiger partial charge in [-0.1, -0.05) is 94.1 Å². The Hall–Kier alpha value is -3.43. The van der Waals surface area contributed by atoms with E-state index in [1.165, 1.54) is 25.4 Å². The first-order valence-electron chi connectivity index (χ1n) is 12.7. The van der Waals surface area contributed by atoms with Crippen LogP contribution in [0.3, 0.4) is 0 Å². The minimum atomic E-state index is 0.634. The number of rotatable bonds is 8. The van der Waals surface area contributed by atoms with Gasteiger partial charge in [-0.2, -0.15) is 0 Å². The van der Waals surface area contributed by atoms with Crippen LogP contribution in [0.15, 0.2) is 84.4 Å². The molecule has 3 rings (SSSR count). The third-order valence-corrected chi connectivity index (χ3v) is 6.77. The molecule has 0 unspecified atom stereocenters. The summed E-state index contributed by atoms with van der Waals surface area (Å²) < 4.78 is 2.65. The Morgan fingerprint density at radius 1 is 1.08 bits per heavy atom. The van der Waals surface area contributed by atoms with E-state index in [2.05, 4.69) is 69.0 Å². The van der Waals surface area contributed by atoms with Gasteiger partial charge in [-0.25, -0.2) is 0 Å².